The van der Waals surface area contributed by atoms with Crippen molar-refractivity contribution in [3.63, 3.8) is 0 Å². The smallest absolute Gasteiger partial charge is 0.226 e. The number of hydrogen-bond acceptors (Lipinski definition) is 4. The number of anilines is 2. The zero-order valence-electron chi connectivity index (χ0n) is 17.4. The largest absolute Gasteiger partial charge is 0.383 e. The minimum absolute atomic E-state index is 0.0562. The number of nitrogens with zero attached hydrogens (tertiary/aromatic N) is 2. The van der Waals surface area contributed by atoms with Gasteiger partial charge in [-0.1, -0.05) is 37.3 Å². The first kappa shape index (κ1) is 22.1. The van der Waals surface area contributed by atoms with Gasteiger partial charge in [0.05, 0.1) is 5.69 Å². The van der Waals surface area contributed by atoms with Crippen molar-refractivity contribution in [1.29, 1.82) is 0 Å². The van der Waals surface area contributed by atoms with Crippen LogP contribution >= 0.6 is 0 Å². The highest BCUT2D eigenvalue weighted by Gasteiger charge is 2.20. The lowest BCUT2D eigenvalue weighted by Crippen LogP contribution is -2.26. The van der Waals surface area contributed by atoms with E-state index in [1.807, 2.05) is 6.07 Å². The van der Waals surface area contributed by atoms with E-state index in [4.69, 9.17) is 5.73 Å². The number of pyridine rings is 1. The number of benzene rings is 2. The van der Waals surface area contributed by atoms with Crippen LogP contribution in [0.4, 0.5) is 20.3 Å². The summed E-state index contributed by atoms with van der Waals surface area (Å²) >= 11 is 0. The molecule has 3 rings (SSSR count). The van der Waals surface area contributed by atoms with Gasteiger partial charge in [0.2, 0.25) is 5.91 Å². The third-order valence-corrected chi connectivity index (χ3v) is 5.17. The average Bonchev–Trinajstić information content (AvgIpc) is 2.79. The van der Waals surface area contributed by atoms with Gasteiger partial charge >= 0.3 is 0 Å². The summed E-state index contributed by atoms with van der Waals surface area (Å²) in [4.78, 5) is 29.4. The van der Waals surface area contributed by atoms with Crippen molar-refractivity contribution in [3.05, 3.63) is 77.5 Å². The number of carbonyl (C=O) groups excluding carboxylic acids is 2. The Morgan fingerprint density at radius 1 is 1.03 bits per heavy atom. The van der Waals surface area contributed by atoms with Crippen LogP contribution in [0.5, 0.6) is 0 Å². The molecule has 7 heteroatoms. The first-order chi connectivity index (χ1) is 14.8. The molecule has 0 saturated carbocycles. The van der Waals surface area contributed by atoms with Crippen molar-refractivity contribution in [1.82, 2.24) is 4.98 Å². The number of halogens is 2. The van der Waals surface area contributed by atoms with E-state index in [-0.39, 0.29) is 35.8 Å². The molecule has 0 atom stereocenters. The molecule has 0 unspecified atom stereocenters. The predicted molar refractivity (Wildman–Crippen MR) is 117 cm³/mol. The second-order valence-electron chi connectivity index (χ2n) is 7.11. The van der Waals surface area contributed by atoms with E-state index in [0.717, 1.165) is 10.5 Å². The first-order valence-electron chi connectivity index (χ1n) is 9.91. The summed E-state index contributed by atoms with van der Waals surface area (Å²) in [6.45, 7) is 1.65. The Morgan fingerprint density at radius 2 is 1.74 bits per heavy atom. The van der Waals surface area contributed by atoms with E-state index in [2.05, 4.69) is 4.98 Å². The Balaban J connectivity index is 1.76. The van der Waals surface area contributed by atoms with Crippen LogP contribution in [0.3, 0.4) is 0 Å². The van der Waals surface area contributed by atoms with E-state index >= 15 is 0 Å². The molecular formula is C24H23F2N3O2. The quantitative estimate of drug-likeness (QED) is 0.554. The lowest BCUT2D eigenvalue weighted by atomic mass is 9.99. The van der Waals surface area contributed by atoms with Gasteiger partial charge in [-0.15, -0.1) is 0 Å². The zero-order valence-corrected chi connectivity index (χ0v) is 17.4. The van der Waals surface area contributed by atoms with Gasteiger partial charge < -0.3 is 10.6 Å². The molecule has 0 aliphatic rings. The van der Waals surface area contributed by atoms with E-state index < -0.39 is 11.6 Å². The summed E-state index contributed by atoms with van der Waals surface area (Å²) in [5.74, 6) is -2.13. The van der Waals surface area contributed by atoms with Crippen LogP contribution in [0.25, 0.3) is 11.1 Å². The molecule has 2 N–H and O–H groups in total. The van der Waals surface area contributed by atoms with Crippen LogP contribution in [0.15, 0.2) is 54.7 Å². The SMILES string of the molecule is CCC(=O)N(C)c1ccc(-c2ccc(C(=O)CCc3cccnc3N)cc2)c(F)c1F. The van der Waals surface area contributed by atoms with Crippen LogP contribution in [0.1, 0.15) is 35.7 Å². The van der Waals surface area contributed by atoms with Crippen LogP contribution in [0.2, 0.25) is 0 Å². The van der Waals surface area contributed by atoms with Gasteiger partial charge in [-0.3, -0.25) is 9.59 Å². The fraction of sp³-hybridized carbons (Fsp3) is 0.208. The Morgan fingerprint density at radius 3 is 2.39 bits per heavy atom. The van der Waals surface area contributed by atoms with Crippen LogP contribution in [-0.2, 0) is 11.2 Å². The molecule has 3 aromatic rings. The molecule has 1 aromatic heterocycles. The zero-order chi connectivity index (χ0) is 22.5. The number of Topliss-reactive ketones (excluding diaryl/α,β-unsaturated/α-hetero) is 1. The highest BCUT2D eigenvalue weighted by atomic mass is 19.2. The number of aryl methyl sites for hydroxylation is 1. The van der Waals surface area contributed by atoms with Gasteiger partial charge in [-0.05, 0) is 35.7 Å². The van der Waals surface area contributed by atoms with E-state index in [0.29, 0.717) is 23.4 Å². The predicted octanol–water partition coefficient (Wildman–Crippen LogP) is 4.80. The van der Waals surface area contributed by atoms with Gasteiger partial charge in [0.1, 0.15) is 5.82 Å². The second-order valence-corrected chi connectivity index (χ2v) is 7.11. The summed E-state index contributed by atoms with van der Waals surface area (Å²) in [5, 5.41) is 0. The molecule has 0 spiro atoms. The molecule has 31 heavy (non-hydrogen) atoms. The molecular weight excluding hydrogens is 400 g/mol. The number of aromatic nitrogens is 1. The standard InChI is InChI=1S/C24H23F2N3O2/c1-3-21(31)29(2)19-12-11-18(22(25)23(19)26)15-6-8-16(9-7-15)20(30)13-10-17-5-4-14-28-24(17)27/h4-9,11-12,14H,3,10,13H2,1-2H3,(H2,27,28). The second kappa shape index (κ2) is 9.47. The van der Waals surface area contributed by atoms with E-state index in [1.165, 1.54) is 19.2 Å². The van der Waals surface area contributed by atoms with Crippen molar-refractivity contribution in [2.45, 2.75) is 26.2 Å². The van der Waals surface area contributed by atoms with Crippen LogP contribution in [0, 0.1) is 11.6 Å². The molecule has 0 saturated heterocycles. The Hall–Kier alpha value is -3.61. The van der Waals surface area contributed by atoms with Gasteiger partial charge in [0, 0.05) is 37.2 Å². The molecule has 1 amide bonds. The van der Waals surface area contributed by atoms with Crippen molar-refractivity contribution in [2.24, 2.45) is 0 Å². The summed E-state index contributed by atoms with van der Waals surface area (Å²) < 4.78 is 29.2. The molecule has 0 aliphatic heterocycles. The first-order valence-corrected chi connectivity index (χ1v) is 9.91. The number of carbonyl (C=O) groups is 2. The minimum atomic E-state index is -1.09. The normalized spacial score (nSPS) is 10.7. The number of nitrogen functional groups attached to an aromatic ring is 1. The van der Waals surface area contributed by atoms with Crippen LogP contribution in [-0.4, -0.2) is 23.7 Å². The minimum Gasteiger partial charge on any atom is -0.383 e. The number of rotatable bonds is 7. The summed E-state index contributed by atoms with van der Waals surface area (Å²) in [7, 11) is 1.41. The molecule has 5 nitrogen and oxygen atoms in total. The number of nitrogens with two attached hydrogens (primary N) is 1. The van der Waals surface area contributed by atoms with Crippen molar-refractivity contribution in [2.75, 3.05) is 17.7 Å². The lowest BCUT2D eigenvalue weighted by Gasteiger charge is -2.18. The molecule has 0 aliphatic carbocycles. The number of ketones is 1. The highest BCUT2D eigenvalue weighted by molar-refractivity contribution is 5.97. The molecule has 0 radical (unpaired) electrons. The molecule has 2 aromatic carbocycles. The van der Waals surface area contributed by atoms with Crippen LogP contribution < -0.4 is 10.6 Å². The Kier molecular flexibility index (Phi) is 6.74. The van der Waals surface area contributed by atoms with Crippen molar-refractivity contribution >= 4 is 23.2 Å². The molecule has 160 valence electrons. The van der Waals surface area contributed by atoms with Gasteiger partial charge in [0.25, 0.3) is 0 Å². The third-order valence-electron chi connectivity index (χ3n) is 5.17. The monoisotopic (exact) mass is 423 g/mol. The van der Waals surface area contributed by atoms with E-state index in [1.54, 1.807) is 43.5 Å². The summed E-state index contributed by atoms with van der Waals surface area (Å²) in [6, 6.07) is 12.7. The van der Waals surface area contributed by atoms with E-state index in [9.17, 15) is 18.4 Å². The maximum Gasteiger partial charge on any atom is 0.226 e. The van der Waals surface area contributed by atoms with Crippen molar-refractivity contribution in [3.8, 4) is 11.1 Å². The summed E-state index contributed by atoms with van der Waals surface area (Å²) in [6.07, 6.45) is 2.49. The van der Waals surface area contributed by atoms with Crippen molar-refractivity contribution < 1.29 is 18.4 Å². The lowest BCUT2D eigenvalue weighted by molar-refractivity contribution is -0.118. The maximum absolute atomic E-state index is 14.7. The molecule has 1 heterocycles. The third kappa shape index (κ3) is 4.77. The molecule has 0 fully saturated rings. The number of amides is 1. The van der Waals surface area contributed by atoms with Gasteiger partial charge in [0.15, 0.2) is 17.4 Å². The summed E-state index contributed by atoms with van der Waals surface area (Å²) in [5.41, 5.74) is 7.44. The number of hydrogen-bond donors (Lipinski definition) is 1. The van der Waals surface area contributed by atoms with Gasteiger partial charge in [-0.2, -0.15) is 0 Å². The highest BCUT2D eigenvalue weighted by Crippen LogP contribution is 2.30. The Bertz CT molecular complexity index is 1110. The maximum atomic E-state index is 14.7. The topological polar surface area (TPSA) is 76.3 Å². The molecule has 0 bridgehead atoms. The fourth-order valence-electron chi connectivity index (χ4n) is 3.28. The van der Waals surface area contributed by atoms with Gasteiger partial charge in [-0.25, -0.2) is 13.8 Å². The average molecular weight is 423 g/mol. The Labute approximate surface area is 179 Å². The fourth-order valence-corrected chi connectivity index (χ4v) is 3.28.